The molecule has 0 bridgehead atoms. The molecule has 7 nitrogen and oxygen atoms in total. The predicted molar refractivity (Wildman–Crippen MR) is 103 cm³/mol. The van der Waals surface area contributed by atoms with Gasteiger partial charge in [-0.2, -0.15) is 0 Å². The van der Waals surface area contributed by atoms with E-state index < -0.39 is 30.0 Å². The number of carbonyl (C=O) groups is 2. The van der Waals surface area contributed by atoms with E-state index in [-0.39, 0.29) is 17.9 Å². The van der Waals surface area contributed by atoms with Gasteiger partial charge in [-0.15, -0.1) is 8.78 Å². The number of benzene rings is 2. The molecule has 160 valence electrons. The normalized spacial score (nSPS) is 15.4. The summed E-state index contributed by atoms with van der Waals surface area (Å²) in [6.07, 6.45) is -4.63. The van der Waals surface area contributed by atoms with Gasteiger partial charge in [-0.1, -0.05) is 36.4 Å². The quantitative estimate of drug-likeness (QED) is 0.752. The third-order valence-electron chi connectivity index (χ3n) is 4.10. The lowest BCUT2D eigenvalue weighted by Crippen LogP contribution is -2.44. The minimum absolute atomic E-state index is 0.0367. The largest absolute Gasteiger partial charge is 0.586 e. The van der Waals surface area contributed by atoms with E-state index in [2.05, 4.69) is 14.8 Å². The number of carbonyl (C=O) groups excluding carboxylic acids is 1. The van der Waals surface area contributed by atoms with E-state index in [1.807, 2.05) is 0 Å². The second kappa shape index (κ2) is 7.81. The van der Waals surface area contributed by atoms with Crippen LogP contribution in [0, 0.1) is 0 Å². The molecule has 0 aromatic heterocycles. The number of ether oxygens (including phenoxy) is 3. The summed E-state index contributed by atoms with van der Waals surface area (Å²) in [4.78, 5) is 23.5. The van der Waals surface area contributed by atoms with E-state index in [9.17, 15) is 23.5 Å². The third kappa shape index (κ3) is 5.16. The molecule has 0 radical (unpaired) electrons. The van der Waals surface area contributed by atoms with Crippen LogP contribution in [0.15, 0.2) is 42.5 Å². The number of fused-ring (bicyclic) bond motifs is 1. The molecule has 2 aromatic rings. The Kier molecular flexibility index (Phi) is 5.56. The lowest BCUT2D eigenvalue weighted by atomic mass is 9.98. The highest BCUT2D eigenvalue weighted by atomic mass is 19.3. The van der Waals surface area contributed by atoms with Gasteiger partial charge < -0.3 is 24.6 Å². The first-order valence-electron chi connectivity index (χ1n) is 9.14. The number of para-hydroxylation sites is 1. The average molecular weight is 421 g/mol. The number of carboxylic acids is 1. The van der Waals surface area contributed by atoms with Crippen molar-refractivity contribution in [3.05, 3.63) is 48.0 Å². The highest BCUT2D eigenvalue weighted by molar-refractivity contribution is 5.80. The fourth-order valence-electron chi connectivity index (χ4n) is 2.95. The topological polar surface area (TPSA) is 94.1 Å². The number of amides is 1. The van der Waals surface area contributed by atoms with Gasteiger partial charge >= 0.3 is 18.4 Å². The van der Waals surface area contributed by atoms with Crippen LogP contribution in [0.2, 0.25) is 0 Å². The summed E-state index contributed by atoms with van der Waals surface area (Å²) in [5.41, 5.74) is 0.704. The number of nitrogens with one attached hydrogen (secondary N) is 1. The molecule has 0 saturated carbocycles. The Morgan fingerprint density at radius 2 is 1.87 bits per heavy atom. The number of alkyl halides is 2. The molecule has 1 heterocycles. The van der Waals surface area contributed by atoms with Crippen LogP contribution < -0.4 is 14.8 Å². The number of hydrogen-bond acceptors (Lipinski definition) is 5. The van der Waals surface area contributed by atoms with E-state index in [4.69, 9.17) is 4.74 Å². The van der Waals surface area contributed by atoms with E-state index in [0.29, 0.717) is 16.7 Å². The smallest absolute Gasteiger partial charge is 0.480 e. The zero-order chi connectivity index (χ0) is 22.1. The number of aliphatic carboxylic acids is 1. The Labute approximate surface area is 171 Å². The molecule has 3 rings (SSSR count). The molecular formula is C21H21F2NO6. The maximum absolute atomic E-state index is 13.4. The van der Waals surface area contributed by atoms with Crippen molar-refractivity contribution in [2.24, 2.45) is 0 Å². The zero-order valence-corrected chi connectivity index (χ0v) is 16.6. The summed E-state index contributed by atoms with van der Waals surface area (Å²) in [5, 5.41) is 11.8. The van der Waals surface area contributed by atoms with Gasteiger partial charge in [0.2, 0.25) is 0 Å². The molecule has 30 heavy (non-hydrogen) atoms. The van der Waals surface area contributed by atoms with Crippen molar-refractivity contribution >= 4 is 12.1 Å². The molecule has 1 unspecified atom stereocenters. The van der Waals surface area contributed by atoms with Gasteiger partial charge in [0.25, 0.3) is 0 Å². The average Bonchev–Trinajstić information content (AvgIpc) is 2.93. The molecule has 0 spiro atoms. The lowest BCUT2D eigenvalue weighted by molar-refractivity contribution is -0.286. The Bertz CT molecular complexity index is 970. The summed E-state index contributed by atoms with van der Waals surface area (Å²) in [5.74, 6) is -1.41. The first-order chi connectivity index (χ1) is 13.9. The number of carboxylic acid groups (broad SMARTS) is 1. The Morgan fingerprint density at radius 1 is 1.17 bits per heavy atom. The van der Waals surface area contributed by atoms with Crippen LogP contribution in [0.3, 0.4) is 0 Å². The molecule has 9 heteroatoms. The molecule has 1 atom stereocenters. The van der Waals surface area contributed by atoms with Gasteiger partial charge in [0.15, 0.2) is 11.5 Å². The van der Waals surface area contributed by atoms with Crippen LogP contribution in [-0.4, -0.2) is 35.1 Å². The first-order valence-corrected chi connectivity index (χ1v) is 9.14. The van der Waals surface area contributed by atoms with Crippen molar-refractivity contribution in [1.29, 1.82) is 0 Å². The fourth-order valence-corrected chi connectivity index (χ4v) is 2.95. The van der Waals surface area contributed by atoms with Gasteiger partial charge in [-0.3, -0.25) is 0 Å². The van der Waals surface area contributed by atoms with Crippen molar-refractivity contribution in [3.8, 4) is 22.6 Å². The molecule has 0 aliphatic carbocycles. The molecule has 0 fully saturated rings. The lowest BCUT2D eigenvalue weighted by Gasteiger charge is -2.22. The van der Waals surface area contributed by atoms with Crippen molar-refractivity contribution in [2.75, 3.05) is 0 Å². The second-order valence-corrected chi connectivity index (χ2v) is 7.74. The van der Waals surface area contributed by atoms with E-state index >= 15 is 0 Å². The molecule has 2 aromatic carbocycles. The highest BCUT2D eigenvalue weighted by Crippen LogP contribution is 2.47. The van der Waals surface area contributed by atoms with Crippen molar-refractivity contribution < 1.29 is 37.7 Å². The standard InChI is InChI=1S/C21H21F2NO6/c1-20(2,3)30-19(27)24-15(18(25)26)11-12-6-4-7-13(10-12)14-8-5-9-16-17(14)29-21(22,23)28-16/h4-10,15H,11H2,1-3H3,(H,24,27)(H,25,26). The monoisotopic (exact) mass is 421 g/mol. The van der Waals surface area contributed by atoms with Crippen molar-refractivity contribution in [1.82, 2.24) is 5.32 Å². The summed E-state index contributed by atoms with van der Waals surface area (Å²) in [7, 11) is 0. The van der Waals surface area contributed by atoms with Crippen LogP contribution in [0.25, 0.3) is 11.1 Å². The molecule has 1 amide bonds. The van der Waals surface area contributed by atoms with Gasteiger partial charge in [0.05, 0.1) is 0 Å². The van der Waals surface area contributed by atoms with Gasteiger partial charge in [0.1, 0.15) is 11.6 Å². The fraction of sp³-hybridized carbons (Fsp3) is 0.333. The minimum atomic E-state index is -3.75. The third-order valence-corrected chi connectivity index (χ3v) is 4.10. The van der Waals surface area contributed by atoms with Crippen LogP contribution in [0.1, 0.15) is 26.3 Å². The number of alkyl carbamates (subject to hydrolysis) is 1. The van der Waals surface area contributed by atoms with E-state index in [1.165, 1.54) is 6.07 Å². The zero-order valence-electron chi connectivity index (χ0n) is 16.6. The Balaban J connectivity index is 1.82. The first kappa shape index (κ1) is 21.4. The van der Waals surface area contributed by atoms with Gasteiger partial charge in [0, 0.05) is 12.0 Å². The Hall–Kier alpha value is -3.36. The summed E-state index contributed by atoms with van der Waals surface area (Å²) in [6, 6.07) is 9.93. The molecule has 1 aliphatic rings. The van der Waals surface area contributed by atoms with Crippen LogP contribution >= 0.6 is 0 Å². The van der Waals surface area contributed by atoms with Crippen LogP contribution in [0.4, 0.5) is 13.6 Å². The maximum atomic E-state index is 13.4. The molecule has 1 aliphatic heterocycles. The van der Waals surface area contributed by atoms with E-state index in [0.717, 1.165) is 0 Å². The van der Waals surface area contributed by atoms with E-state index in [1.54, 1.807) is 57.2 Å². The maximum Gasteiger partial charge on any atom is 0.586 e. The molecular weight excluding hydrogens is 400 g/mol. The van der Waals surface area contributed by atoms with Gasteiger partial charge in [-0.05, 0) is 38.0 Å². The number of halogens is 2. The van der Waals surface area contributed by atoms with Crippen molar-refractivity contribution in [3.63, 3.8) is 0 Å². The summed E-state index contributed by atoms with van der Waals surface area (Å²) < 4.78 is 41.1. The SMILES string of the molecule is CC(C)(C)OC(=O)NC(Cc1cccc(-c2cccc3c2OC(F)(F)O3)c1)C(=O)O. The van der Waals surface area contributed by atoms with Crippen molar-refractivity contribution in [2.45, 2.75) is 45.1 Å². The minimum Gasteiger partial charge on any atom is -0.480 e. The van der Waals surface area contributed by atoms with Gasteiger partial charge in [-0.25, -0.2) is 9.59 Å². The number of hydrogen-bond donors (Lipinski definition) is 2. The molecule has 2 N–H and O–H groups in total. The highest BCUT2D eigenvalue weighted by Gasteiger charge is 2.44. The molecule has 0 saturated heterocycles. The summed E-state index contributed by atoms with van der Waals surface area (Å²) >= 11 is 0. The van der Waals surface area contributed by atoms with Crippen LogP contribution in [-0.2, 0) is 16.0 Å². The van der Waals surface area contributed by atoms with Crippen LogP contribution in [0.5, 0.6) is 11.5 Å². The predicted octanol–water partition coefficient (Wildman–Crippen LogP) is 4.20. The second-order valence-electron chi connectivity index (χ2n) is 7.74. The number of rotatable bonds is 5. The Morgan fingerprint density at radius 3 is 2.53 bits per heavy atom. The summed E-state index contributed by atoms with van der Waals surface area (Å²) in [6.45, 7) is 5.00.